The molecule has 0 spiro atoms. The highest BCUT2D eigenvalue weighted by molar-refractivity contribution is 9.09. The van der Waals surface area contributed by atoms with Crippen LogP contribution in [0.2, 0.25) is 0 Å². The molecule has 0 bridgehead atoms. The standard InChI is InChI=1S/C11H12BrF2NO2/c1-17-6-10(5-12)15-11(16)7-2-8(13)4-9(14)3-7/h2-4,10H,5-6H2,1H3,(H,15,16). The summed E-state index contributed by atoms with van der Waals surface area (Å²) in [6, 6.07) is 2.43. The molecule has 1 amide bonds. The Morgan fingerprint density at radius 1 is 1.41 bits per heavy atom. The Kier molecular flexibility index (Phi) is 5.50. The number of hydrogen-bond donors (Lipinski definition) is 1. The van der Waals surface area contributed by atoms with Gasteiger partial charge in [-0.25, -0.2) is 8.78 Å². The fourth-order valence-electron chi connectivity index (χ4n) is 1.28. The van der Waals surface area contributed by atoms with Crippen LogP contribution in [0.4, 0.5) is 8.78 Å². The second-order valence-corrected chi connectivity index (χ2v) is 4.09. The van der Waals surface area contributed by atoms with E-state index in [2.05, 4.69) is 21.2 Å². The summed E-state index contributed by atoms with van der Waals surface area (Å²) in [4.78, 5) is 11.7. The van der Waals surface area contributed by atoms with Crippen LogP contribution in [0.3, 0.4) is 0 Å². The Morgan fingerprint density at radius 2 is 2.00 bits per heavy atom. The van der Waals surface area contributed by atoms with Gasteiger partial charge in [-0.15, -0.1) is 0 Å². The molecule has 0 saturated heterocycles. The van der Waals surface area contributed by atoms with E-state index in [0.29, 0.717) is 18.0 Å². The van der Waals surface area contributed by atoms with Gasteiger partial charge in [-0.2, -0.15) is 0 Å². The Hall–Kier alpha value is -1.01. The summed E-state index contributed by atoms with van der Waals surface area (Å²) in [6.45, 7) is 0.314. The molecule has 0 aliphatic carbocycles. The molecular weight excluding hydrogens is 296 g/mol. The quantitative estimate of drug-likeness (QED) is 0.846. The van der Waals surface area contributed by atoms with Gasteiger partial charge in [-0.3, -0.25) is 4.79 Å². The second-order valence-electron chi connectivity index (χ2n) is 3.44. The van der Waals surface area contributed by atoms with Crippen molar-refractivity contribution in [3.8, 4) is 0 Å². The Bertz CT molecular complexity index is 381. The van der Waals surface area contributed by atoms with Crippen LogP contribution >= 0.6 is 15.9 Å². The van der Waals surface area contributed by atoms with E-state index in [1.165, 1.54) is 7.11 Å². The van der Waals surface area contributed by atoms with Crippen LogP contribution in [0.25, 0.3) is 0 Å². The van der Waals surface area contributed by atoms with E-state index < -0.39 is 17.5 Å². The zero-order chi connectivity index (χ0) is 12.8. The van der Waals surface area contributed by atoms with Gasteiger partial charge in [0.25, 0.3) is 5.91 Å². The van der Waals surface area contributed by atoms with Gasteiger partial charge in [0, 0.05) is 24.1 Å². The van der Waals surface area contributed by atoms with Crippen molar-refractivity contribution in [1.82, 2.24) is 5.32 Å². The van der Waals surface area contributed by atoms with Gasteiger partial charge >= 0.3 is 0 Å². The minimum atomic E-state index is -0.780. The first-order chi connectivity index (χ1) is 8.06. The number of nitrogens with one attached hydrogen (secondary N) is 1. The average molecular weight is 308 g/mol. The van der Waals surface area contributed by atoms with Crippen LogP contribution in [0.5, 0.6) is 0 Å². The fourth-order valence-corrected chi connectivity index (χ4v) is 1.63. The van der Waals surface area contributed by atoms with E-state index in [1.807, 2.05) is 0 Å². The normalized spacial score (nSPS) is 12.2. The van der Waals surface area contributed by atoms with Crippen molar-refractivity contribution in [3.05, 3.63) is 35.4 Å². The molecule has 0 saturated carbocycles. The predicted octanol–water partition coefficient (Wildman–Crippen LogP) is 2.10. The van der Waals surface area contributed by atoms with Crippen molar-refractivity contribution >= 4 is 21.8 Å². The maximum atomic E-state index is 12.9. The highest BCUT2D eigenvalue weighted by atomic mass is 79.9. The van der Waals surface area contributed by atoms with Crippen molar-refractivity contribution in [1.29, 1.82) is 0 Å². The summed E-state index contributed by atoms with van der Waals surface area (Å²) in [5.74, 6) is -2.10. The lowest BCUT2D eigenvalue weighted by Crippen LogP contribution is -2.39. The third-order valence-electron chi connectivity index (χ3n) is 2.01. The van der Waals surface area contributed by atoms with Crippen molar-refractivity contribution in [2.24, 2.45) is 0 Å². The predicted molar refractivity (Wildman–Crippen MR) is 63.3 cm³/mol. The maximum absolute atomic E-state index is 12.9. The largest absolute Gasteiger partial charge is 0.383 e. The molecule has 0 radical (unpaired) electrons. The summed E-state index contributed by atoms with van der Waals surface area (Å²) < 4.78 is 30.7. The lowest BCUT2D eigenvalue weighted by molar-refractivity contribution is 0.0907. The number of carbonyl (C=O) groups is 1. The average Bonchev–Trinajstić information content (AvgIpc) is 2.27. The summed E-state index contributed by atoms with van der Waals surface area (Å²) in [6.07, 6.45) is 0. The van der Waals surface area contributed by atoms with Crippen molar-refractivity contribution < 1.29 is 18.3 Å². The molecule has 0 aromatic heterocycles. The lowest BCUT2D eigenvalue weighted by atomic mass is 10.2. The second kappa shape index (κ2) is 6.66. The van der Waals surface area contributed by atoms with Gasteiger partial charge in [0.2, 0.25) is 0 Å². The fraction of sp³-hybridized carbons (Fsp3) is 0.364. The highest BCUT2D eigenvalue weighted by Crippen LogP contribution is 2.08. The molecule has 1 aromatic carbocycles. The lowest BCUT2D eigenvalue weighted by Gasteiger charge is -2.15. The molecule has 94 valence electrons. The molecule has 0 aliphatic heterocycles. The number of rotatable bonds is 5. The van der Waals surface area contributed by atoms with E-state index in [1.54, 1.807) is 0 Å². The Balaban J connectivity index is 2.75. The number of methoxy groups -OCH3 is 1. The number of benzene rings is 1. The maximum Gasteiger partial charge on any atom is 0.251 e. The van der Waals surface area contributed by atoms with Crippen LogP contribution in [-0.4, -0.2) is 31.0 Å². The zero-order valence-corrected chi connectivity index (χ0v) is 10.8. The molecule has 0 aliphatic rings. The van der Waals surface area contributed by atoms with Gasteiger partial charge in [-0.1, -0.05) is 15.9 Å². The molecule has 1 N–H and O–H groups in total. The number of halogens is 3. The summed E-state index contributed by atoms with van der Waals surface area (Å²) in [7, 11) is 1.50. The minimum Gasteiger partial charge on any atom is -0.383 e. The van der Waals surface area contributed by atoms with Gasteiger partial charge < -0.3 is 10.1 Å². The van der Waals surface area contributed by atoms with Crippen LogP contribution in [0, 0.1) is 11.6 Å². The SMILES string of the molecule is COCC(CBr)NC(=O)c1cc(F)cc(F)c1. The van der Waals surface area contributed by atoms with Crippen molar-refractivity contribution in [3.63, 3.8) is 0 Å². The van der Waals surface area contributed by atoms with Gasteiger partial charge in [0.05, 0.1) is 12.6 Å². The number of hydrogen-bond acceptors (Lipinski definition) is 2. The number of amides is 1. The minimum absolute atomic E-state index is 0.0513. The van der Waals surface area contributed by atoms with Crippen LogP contribution in [0.1, 0.15) is 10.4 Å². The summed E-state index contributed by atoms with van der Waals surface area (Å²) in [5, 5.41) is 3.08. The summed E-state index contributed by atoms with van der Waals surface area (Å²) in [5.41, 5.74) is -0.0513. The van der Waals surface area contributed by atoms with E-state index >= 15 is 0 Å². The molecular formula is C11H12BrF2NO2. The van der Waals surface area contributed by atoms with Crippen molar-refractivity contribution in [2.45, 2.75) is 6.04 Å². The van der Waals surface area contributed by atoms with Gasteiger partial charge in [-0.05, 0) is 12.1 Å². The molecule has 1 aromatic rings. The Morgan fingerprint density at radius 3 is 2.47 bits per heavy atom. The van der Waals surface area contributed by atoms with Crippen molar-refractivity contribution in [2.75, 3.05) is 19.0 Å². The third kappa shape index (κ3) is 4.40. The van der Waals surface area contributed by atoms with Gasteiger partial charge in [0.1, 0.15) is 11.6 Å². The molecule has 0 fully saturated rings. The number of carbonyl (C=O) groups excluding carboxylic acids is 1. The van der Waals surface area contributed by atoms with Crippen LogP contribution in [-0.2, 0) is 4.74 Å². The molecule has 17 heavy (non-hydrogen) atoms. The molecule has 0 heterocycles. The Labute approximate surface area is 106 Å². The highest BCUT2D eigenvalue weighted by Gasteiger charge is 2.14. The third-order valence-corrected chi connectivity index (χ3v) is 2.80. The topological polar surface area (TPSA) is 38.3 Å². The molecule has 3 nitrogen and oxygen atoms in total. The van der Waals surface area contributed by atoms with Crippen LogP contribution < -0.4 is 5.32 Å². The molecule has 1 rings (SSSR count). The molecule has 1 unspecified atom stereocenters. The molecule has 6 heteroatoms. The first-order valence-electron chi connectivity index (χ1n) is 4.88. The van der Waals surface area contributed by atoms with Gasteiger partial charge in [0.15, 0.2) is 0 Å². The first-order valence-corrected chi connectivity index (χ1v) is 6.00. The van der Waals surface area contributed by atoms with E-state index in [0.717, 1.165) is 12.1 Å². The van der Waals surface area contributed by atoms with E-state index in [-0.39, 0.29) is 11.6 Å². The number of ether oxygens (including phenoxy) is 1. The van der Waals surface area contributed by atoms with E-state index in [9.17, 15) is 13.6 Å². The monoisotopic (exact) mass is 307 g/mol. The first kappa shape index (κ1) is 14.1. The molecule has 1 atom stereocenters. The van der Waals surface area contributed by atoms with E-state index in [4.69, 9.17) is 4.74 Å². The summed E-state index contributed by atoms with van der Waals surface area (Å²) >= 11 is 3.20. The zero-order valence-electron chi connectivity index (χ0n) is 9.17. The smallest absolute Gasteiger partial charge is 0.251 e. The van der Waals surface area contributed by atoms with Crippen LogP contribution in [0.15, 0.2) is 18.2 Å². The number of alkyl halides is 1.